The highest BCUT2D eigenvalue weighted by atomic mass is 16.3. The maximum absolute atomic E-state index is 9.35. The molecule has 102 valence electrons. The lowest BCUT2D eigenvalue weighted by Crippen LogP contribution is -2.43. The number of hydrogen-bond donors (Lipinski definition) is 2. The third-order valence-electron chi connectivity index (χ3n) is 3.88. The van der Waals surface area contributed by atoms with Crippen LogP contribution in [0.25, 0.3) is 0 Å². The lowest BCUT2D eigenvalue weighted by Gasteiger charge is -2.28. The minimum absolute atomic E-state index is 0.244. The van der Waals surface area contributed by atoms with Crippen molar-refractivity contribution in [2.24, 2.45) is 11.3 Å². The minimum Gasteiger partial charge on any atom is -0.395 e. The molecule has 1 saturated heterocycles. The molecule has 1 aliphatic heterocycles. The standard InChI is InChI=1S/C14H30N2O/c1-5-7-15-13(11-17)10-16-8-6-12(9-16)14(2,3)4/h12-13,15,17H,5-11H2,1-4H3. The van der Waals surface area contributed by atoms with Gasteiger partial charge in [-0.15, -0.1) is 0 Å². The predicted octanol–water partition coefficient (Wildman–Crippen LogP) is 1.71. The molecule has 2 N–H and O–H groups in total. The number of likely N-dealkylation sites (tertiary alicyclic amines) is 1. The van der Waals surface area contributed by atoms with Crippen LogP contribution in [0.15, 0.2) is 0 Å². The van der Waals surface area contributed by atoms with E-state index in [1.165, 1.54) is 19.5 Å². The quantitative estimate of drug-likeness (QED) is 0.744. The van der Waals surface area contributed by atoms with Crippen molar-refractivity contribution in [3.63, 3.8) is 0 Å². The van der Waals surface area contributed by atoms with Crippen molar-refractivity contribution in [3.8, 4) is 0 Å². The van der Waals surface area contributed by atoms with E-state index >= 15 is 0 Å². The van der Waals surface area contributed by atoms with E-state index < -0.39 is 0 Å². The second-order valence-electron chi connectivity index (χ2n) is 6.44. The molecule has 0 aromatic rings. The zero-order valence-corrected chi connectivity index (χ0v) is 12.0. The van der Waals surface area contributed by atoms with E-state index in [2.05, 4.69) is 37.9 Å². The van der Waals surface area contributed by atoms with E-state index in [9.17, 15) is 5.11 Å². The highest BCUT2D eigenvalue weighted by Crippen LogP contribution is 2.33. The molecule has 3 nitrogen and oxygen atoms in total. The van der Waals surface area contributed by atoms with E-state index in [1.807, 2.05) is 0 Å². The summed E-state index contributed by atoms with van der Waals surface area (Å²) in [7, 11) is 0. The fourth-order valence-corrected chi connectivity index (χ4v) is 2.55. The van der Waals surface area contributed by atoms with Gasteiger partial charge in [-0.1, -0.05) is 27.7 Å². The van der Waals surface area contributed by atoms with Crippen LogP contribution in [0.4, 0.5) is 0 Å². The molecular weight excluding hydrogens is 212 g/mol. The van der Waals surface area contributed by atoms with E-state index in [-0.39, 0.29) is 12.6 Å². The summed E-state index contributed by atoms with van der Waals surface area (Å²) in [6, 6.07) is 0.244. The third-order valence-corrected chi connectivity index (χ3v) is 3.88. The first-order valence-electron chi connectivity index (χ1n) is 7.04. The molecule has 1 aliphatic rings. The van der Waals surface area contributed by atoms with Crippen molar-refractivity contribution in [3.05, 3.63) is 0 Å². The molecule has 2 atom stereocenters. The fraction of sp³-hybridized carbons (Fsp3) is 1.00. The molecule has 1 rings (SSSR count). The molecule has 0 radical (unpaired) electrons. The van der Waals surface area contributed by atoms with E-state index in [0.29, 0.717) is 5.41 Å². The van der Waals surface area contributed by atoms with E-state index in [0.717, 1.165) is 25.4 Å². The van der Waals surface area contributed by atoms with Crippen molar-refractivity contribution in [2.75, 3.05) is 32.8 Å². The van der Waals surface area contributed by atoms with Crippen LogP contribution in [0, 0.1) is 11.3 Å². The van der Waals surface area contributed by atoms with Crippen LogP contribution >= 0.6 is 0 Å². The Morgan fingerprint density at radius 3 is 2.59 bits per heavy atom. The number of nitrogens with zero attached hydrogens (tertiary/aromatic N) is 1. The Morgan fingerprint density at radius 2 is 2.12 bits per heavy atom. The summed E-state index contributed by atoms with van der Waals surface area (Å²) in [5.41, 5.74) is 0.417. The maximum atomic E-state index is 9.35. The first-order chi connectivity index (χ1) is 7.97. The summed E-state index contributed by atoms with van der Waals surface area (Å²) >= 11 is 0. The molecular formula is C14H30N2O. The van der Waals surface area contributed by atoms with Crippen LogP contribution in [0.1, 0.15) is 40.5 Å². The third kappa shape index (κ3) is 4.94. The fourth-order valence-electron chi connectivity index (χ4n) is 2.55. The van der Waals surface area contributed by atoms with Gasteiger partial charge in [-0.25, -0.2) is 0 Å². The van der Waals surface area contributed by atoms with Gasteiger partial charge in [0.15, 0.2) is 0 Å². The summed E-state index contributed by atoms with van der Waals surface area (Å²) in [6.45, 7) is 13.8. The second-order valence-corrected chi connectivity index (χ2v) is 6.44. The molecule has 3 heteroatoms. The molecule has 0 spiro atoms. The minimum atomic E-state index is 0.244. The largest absolute Gasteiger partial charge is 0.395 e. The molecule has 0 saturated carbocycles. The highest BCUT2D eigenvalue weighted by Gasteiger charge is 2.32. The summed E-state index contributed by atoms with van der Waals surface area (Å²) in [5, 5.41) is 12.8. The molecule has 2 unspecified atom stereocenters. The molecule has 0 amide bonds. The zero-order valence-electron chi connectivity index (χ0n) is 12.0. The van der Waals surface area contributed by atoms with Crippen LogP contribution in [-0.2, 0) is 0 Å². The summed E-state index contributed by atoms with van der Waals surface area (Å²) in [4.78, 5) is 2.50. The van der Waals surface area contributed by atoms with Crippen molar-refractivity contribution in [1.82, 2.24) is 10.2 Å². The Morgan fingerprint density at radius 1 is 1.41 bits per heavy atom. The van der Waals surface area contributed by atoms with Crippen molar-refractivity contribution < 1.29 is 5.11 Å². The number of nitrogens with one attached hydrogen (secondary N) is 1. The summed E-state index contributed by atoms with van der Waals surface area (Å²) < 4.78 is 0. The smallest absolute Gasteiger partial charge is 0.0597 e. The summed E-state index contributed by atoms with van der Waals surface area (Å²) in [6.07, 6.45) is 2.43. The van der Waals surface area contributed by atoms with Crippen molar-refractivity contribution in [2.45, 2.75) is 46.6 Å². The molecule has 0 aliphatic carbocycles. The van der Waals surface area contributed by atoms with Crippen LogP contribution in [0.3, 0.4) is 0 Å². The zero-order chi connectivity index (χ0) is 12.9. The van der Waals surface area contributed by atoms with E-state index in [1.54, 1.807) is 0 Å². The maximum Gasteiger partial charge on any atom is 0.0597 e. The Hall–Kier alpha value is -0.120. The number of rotatable bonds is 6. The average Bonchev–Trinajstić information content (AvgIpc) is 2.72. The van der Waals surface area contributed by atoms with Crippen LogP contribution < -0.4 is 5.32 Å². The summed E-state index contributed by atoms with van der Waals surface area (Å²) in [5.74, 6) is 0.799. The van der Waals surface area contributed by atoms with Gasteiger partial charge in [0.2, 0.25) is 0 Å². The van der Waals surface area contributed by atoms with Gasteiger partial charge in [-0.2, -0.15) is 0 Å². The highest BCUT2D eigenvalue weighted by molar-refractivity contribution is 4.85. The van der Waals surface area contributed by atoms with Gasteiger partial charge in [0.25, 0.3) is 0 Å². The van der Waals surface area contributed by atoms with Gasteiger partial charge >= 0.3 is 0 Å². The number of hydrogen-bond acceptors (Lipinski definition) is 3. The average molecular weight is 242 g/mol. The van der Waals surface area contributed by atoms with Crippen LogP contribution in [0.2, 0.25) is 0 Å². The Bertz CT molecular complexity index is 213. The molecule has 17 heavy (non-hydrogen) atoms. The van der Waals surface area contributed by atoms with Crippen molar-refractivity contribution in [1.29, 1.82) is 0 Å². The lowest BCUT2D eigenvalue weighted by atomic mass is 9.80. The van der Waals surface area contributed by atoms with Crippen molar-refractivity contribution >= 4 is 0 Å². The number of aliphatic hydroxyl groups excluding tert-OH is 1. The molecule has 0 bridgehead atoms. The normalized spacial score (nSPS) is 24.2. The molecule has 0 aromatic carbocycles. The van der Waals surface area contributed by atoms with Gasteiger partial charge < -0.3 is 15.3 Å². The van der Waals surface area contributed by atoms with Crippen LogP contribution in [0.5, 0.6) is 0 Å². The van der Waals surface area contributed by atoms with Gasteiger partial charge in [0.05, 0.1) is 6.61 Å². The van der Waals surface area contributed by atoms with Crippen LogP contribution in [-0.4, -0.2) is 48.8 Å². The first-order valence-corrected chi connectivity index (χ1v) is 7.04. The first kappa shape index (κ1) is 14.9. The van der Waals surface area contributed by atoms with Gasteiger partial charge in [-0.05, 0) is 37.3 Å². The Balaban J connectivity index is 2.33. The van der Waals surface area contributed by atoms with Gasteiger partial charge in [0, 0.05) is 19.1 Å². The molecule has 0 aromatic heterocycles. The lowest BCUT2D eigenvalue weighted by molar-refractivity contribution is 0.182. The van der Waals surface area contributed by atoms with E-state index in [4.69, 9.17) is 0 Å². The topological polar surface area (TPSA) is 35.5 Å². The van der Waals surface area contributed by atoms with Gasteiger partial charge in [-0.3, -0.25) is 0 Å². The molecule has 1 heterocycles. The number of aliphatic hydroxyl groups is 1. The van der Waals surface area contributed by atoms with Gasteiger partial charge in [0.1, 0.15) is 0 Å². The predicted molar refractivity (Wildman–Crippen MR) is 73.2 cm³/mol. The Kier molecular flexibility index (Phi) is 5.90. The Labute approximate surface area is 107 Å². The monoisotopic (exact) mass is 242 g/mol. The SMILES string of the molecule is CCCNC(CO)CN1CCC(C(C)(C)C)C1. The molecule has 1 fully saturated rings. The second kappa shape index (κ2) is 6.72.